The number of anilines is 1. The molecule has 0 spiro atoms. The molecule has 0 bridgehead atoms. The highest BCUT2D eigenvalue weighted by Gasteiger charge is 2.69. The number of aliphatic imine (C=N–C) groups is 1. The van der Waals surface area contributed by atoms with Crippen molar-refractivity contribution in [3.63, 3.8) is 0 Å². The van der Waals surface area contributed by atoms with Gasteiger partial charge in [0.05, 0.1) is 5.69 Å². The van der Waals surface area contributed by atoms with Gasteiger partial charge in [-0.25, -0.2) is 9.79 Å². The molecule has 2 heterocycles. The highest BCUT2D eigenvalue weighted by Crippen LogP contribution is 2.50. The number of carbonyl (C=O) groups is 2. The number of nitrogens with one attached hydrogen (secondary N) is 2. The number of alkyl halides is 3. The Hall–Kier alpha value is -3.35. The second-order valence-corrected chi connectivity index (χ2v) is 8.15. The Balaban J connectivity index is 2.21. The third-order valence-electron chi connectivity index (χ3n) is 5.87. The van der Waals surface area contributed by atoms with Crippen LogP contribution in [0.15, 0.2) is 29.3 Å². The number of aryl methyl sites for hydroxylation is 1. The summed E-state index contributed by atoms with van der Waals surface area (Å²) in [4.78, 5) is 30.3. The Bertz CT molecular complexity index is 1150. The molecule has 0 saturated carbocycles. The van der Waals surface area contributed by atoms with Gasteiger partial charge in [-0.05, 0) is 26.8 Å². The summed E-state index contributed by atoms with van der Waals surface area (Å²) >= 11 is 5.94. The third-order valence-corrected chi connectivity index (χ3v) is 6.14. The molecule has 14 heteroatoms. The van der Waals surface area contributed by atoms with Crippen molar-refractivity contribution in [2.24, 2.45) is 4.99 Å². The maximum absolute atomic E-state index is 14.9. The fourth-order valence-corrected chi connectivity index (χ4v) is 3.96. The number of aromatic nitrogens is 2. The first-order valence-corrected chi connectivity index (χ1v) is 10.1. The van der Waals surface area contributed by atoms with Crippen LogP contribution < -0.4 is 10.1 Å². The van der Waals surface area contributed by atoms with Crippen LogP contribution in [0, 0.1) is 6.92 Å². The molecule has 0 radical (unpaired) electrons. The van der Waals surface area contributed by atoms with E-state index in [0.717, 1.165) is 24.9 Å². The van der Waals surface area contributed by atoms with Gasteiger partial charge in [-0.2, -0.15) is 22.7 Å². The van der Waals surface area contributed by atoms with E-state index in [9.17, 15) is 32.3 Å². The van der Waals surface area contributed by atoms with Crippen LogP contribution in [0.25, 0.3) is 0 Å². The quantitative estimate of drug-likeness (QED) is 0.313. The molecule has 9 nitrogen and oxygen atoms in total. The summed E-state index contributed by atoms with van der Waals surface area (Å²) in [7, 11) is 1.12. The number of amidine groups is 1. The molecule has 0 fully saturated rings. The van der Waals surface area contributed by atoms with Crippen LogP contribution >= 0.6 is 11.6 Å². The van der Waals surface area contributed by atoms with Crippen LogP contribution in [0.4, 0.5) is 23.2 Å². The topological polar surface area (TPSA) is 120 Å². The van der Waals surface area contributed by atoms with Gasteiger partial charge in [0.2, 0.25) is 0 Å². The molecule has 0 aliphatic carbocycles. The lowest BCUT2D eigenvalue weighted by Crippen LogP contribution is -2.63. The Morgan fingerprint density at radius 2 is 1.94 bits per heavy atom. The number of benzene rings is 1. The molecule has 184 valence electrons. The summed E-state index contributed by atoms with van der Waals surface area (Å²) in [5.41, 5.74) is -5.05. The number of rotatable bonds is 6. The minimum atomic E-state index is -4.74. The van der Waals surface area contributed by atoms with E-state index in [4.69, 9.17) is 16.3 Å². The van der Waals surface area contributed by atoms with E-state index in [1.54, 1.807) is 0 Å². The zero-order valence-corrected chi connectivity index (χ0v) is 19.0. The molecular weight excluding hydrogens is 486 g/mol. The predicted octanol–water partition coefficient (Wildman–Crippen LogP) is 3.65. The SMILES string of the molecule is Cc1[nH]nc(Cl)c1NC(=O)C1(C(=O)O)N=C(F)N(C)C1(C)c1ccccc1OC(C)C(F)(F)F. The molecule has 3 rings (SSSR count). The minimum absolute atomic E-state index is 0.0602. The van der Waals surface area contributed by atoms with Gasteiger partial charge in [-0.3, -0.25) is 9.89 Å². The summed E-state index contributed by atoms with van der Waals surface area (Å²) in [5.74, 6) is -3.56. The van der Waals surface area contributed by atoms with Gasteiger partial charge in [0.1, 0.15) is 17.0 Å². The second kappa shape index (κ2) is 8.46. The Labute approximate surface area is 195 Å². The number of carboxylic acids is 1. The number of carbonyl (C=O) groups excluding carboxylic acids is 1. The maximum Gasteiger partial charge on any atom is 0.425 e. The van der Waals surface area contributed by atoms with Gasteiger partial charge in [0.25, 0.3) is 17.5 Å². The molecule has 1 amide bonds. The first kappa shape index (κ1) is 25.3. The number of amides is 1. The van der Waals surface area contributed by atoms with Gasteiger partial charge >= 0.3 is 12.1 Å². The fraction of sp³-hybridized carbons (Fsp3) is 0.400. The van der Waals surface area contributed by atoms with Crippen molar-refractivity contribution in [2.45, 2.75) is 44.1 Å². The van der Waals surface area contributed by atoms with Crippen LogP contribution in [-0.2, 0) is 15.1 Å². The highest BCUT2D eigenvalue weighted by molar-refractivity contribution is 6.33. The molecule has 0 saturated heterocycles. The minimum Gasteiger partial charge on any atom is -0.481 e. The molecular formula is C20H20ClF4N5O4. The van der Waals surface area contributed by atoms with E-state index in [0.29, 0.717) is 0 Å². The molecule has 34 heavy (non-hydrogen) atoms. The number of para-hydroxylation sites is 1. The van der Waals surface area contributed by atoms with Crippen molar-refractivity contribution in [1.29, 1.82) is 0 Å². The van der Waals surface area contributed by atoms with Crippen molar-refractivity contribution >= 4 is 35.3 Å². The number of nitrogens with zero attached hydrogens (tertiary/aromatic N) is 3. The number of likely N-dealkylation sites (N-methyl/N-ethyl adjacent to an activating group) is 1. The van der Waals surface area contributed by atoms with Crippen molar-refractivity contribution in [2.75, 3.05) is 12.4 Å². The molecule has 1 aliphatic rings. The highest BCUT2D eigenvalue weighted by atomic mass is 35.5. The smallest absolute Gasteiger partial charge is 0.425 e. The van der Waals surface area contributed by atoms with E-state index in [-0.39, 0.29) is 22.1 Å². The first-order chi connectivity index (χ1) is 15.7. The lowest BCUT2D eigenvalue weighted by Gasteiger charge is -2.42. The zero-order chi connectivity index (χ0) is 25.6. The molecule has 1 aromatic carbocycles. The monoisotopic (exact) mass is 505 g/mol. The van der Waals surface area contributed by atoms with Crippen LogP contribution in [0.1, 0.15) is 25.1 Å². The zero-order valence-electron chi connectivity index (χ0n) is 18.3. The van der Waals surface area contributed by atoms with Crippen LogP contribution in [0.3, 0.4) is 0 Å². The molecule has 3 atom stereocenters. The molecule has 2 aromatic rings. The van der Waals surface area contributed by atoms with Gasteiger partial charge < -0.3 is 20.1 Å². The summed E-state index contributed by atoms with van der Waals surface area (Å²) < 4.78 is 59.5. The Morgan fingerprint density at radius 1 is 1.32 bits per heavy atom. The summed E-state index contributed by atoms with van der Waals surface area (Å²) in [6, 6.07) is 5.14. The van der Waals surface area contributed by atoms with Crippen LogP contribution in [0.5, 0.6) is 5.75 Å². The summed E-state index contributed by atoms with van der Waals surface area (Å²) in [6.07, 6.45) is -8.35. The normalized spacial score (nSPS) is 23.4. The largest absolute Gasteiger partial charge is 0.481 e. The second-order valence-electron chi connectivity index (χ2n) is 7.79. The average Bonchev–Trinajstić information content (AvgIpc) is 3.17. The van der Waals surface area contributed by atoms with Crippen molar-refractivity contribution < 1.29 is 37.0 Å². The van der Waals surface area contributed by atoms with E-state index >= 15 is 0 Å². The molecule has 3 N–H and O–H groups in total. The summed E-state index contributed by atoms with van der Waals surface area (Å²) in [6.45, 7) is 3.42. The summed E-state index contributed by atoms with van der Waals surface area (Å²) in [5, 5.41) is 18.5. The van der Waals surface area contributed by atoms with Crippen LogP contribution in [0.2, 0.25) is 5.15 Å². The third kappa shape index (κ3) is 3.73. The number of aromatic amines is 1. The Morgan fingerprint density at radius 3 is 2.47 bits per heavy atom. The molecule has 3 unspecified atom stereocenters. The number of hydrogen-bond donors (Lipinski definition) is 3. The van der Waals surface area contributed by atoms with Gasteiger partial charge in [0.15, 0.2) is 11.3 Å². The molecule has 1 aliphatic heterocycles. The number of carboxylic acid groups (broad SMARTS) is 1. The van der Waals surface area contributed by atoms with Gasteiger partial charge in [0, 0.05) is 12.6 Å². The molecule has 1 aromatic heterocycles. The number of hydrogen-bond acceptors (Lipinski definition) is 6. The number of ether oxygens (including phenoxy) is 1. The number of halogens is 5. The average molecular weight is 506 g/mol. The first-order valence-electron chi connectivity index (χ1n) is 9.75. The fourth-order valence-electron chi connectivity index (χ4n) is 3.73. The number of aliphatic carboxylic acids is 1. The van der Waals surface area contributed by atoms with E-state index in [1.165, 1.54) is 32.0 Å². The van der Waals surface area contributed by atoms with Crippen molar-refractivity contribution in [3.05, 3.63) is 40.7 Å². The Kier molecular flexibility index (Phi) is 6.29. The lowest BCUT2D eigenvalue weighted by molar-refractivity contribution is -0.189. The predicted molar refractivity (Wildman–Crippen MR) is 114 cm³/mol. The lowest BCUT2D eigenvalue weighted by atomic mass is 9.72. The standard InChI is InChI=1S/C20H20ClF4N5O4/c1-9-13(14(21)29-28-9)26-15(31)19(16(32)33)18(3,30(4)17(22)27-19)11-7-5-6-8-12(11)34-10(2)20(23,24)25/h5-8,10H,1-4H3,(H,26,31)(H,28,29)(H,32,33). The van der Waals surface area contributed by atoms with Crippen LogP contribution in [-0.4, -0.2) is 63.0 Å². The van der Waals surface area contributed by atoms with Crippen molar-refractivity contribution in [3.8, 4) is 5.75 Å². The van der Waals surface area contributed by atoms with Gasteiger partial charge in [-0.15, -0.1) is 0 Å². The maximum atomic E-state index is 14.9. The van der Waals surface area contributed by atoms with E-state index in [2.05, 4.69) is 20.5 Å². The number of H-pyrrole nitrogens is 1. The van der Waals surface area contributed by atoms with Crippen molar-refractivity contribution in [1.82, 2.24) is 15.1 Å². The van der Waals surface area contributed by atoms with E-state index in [1.807, 2.05) is 0 Å². The van der Waals surface area contributed by atoms with E-state index < -0.39 is 47.1 Å². The van der Waals surface area contributed by atoms with Gasteiger partial charge in [-0.1, -0.05) is 29.8 Å².